The molecule has 1 rings (SSSR count). The first-order valence-corrected chi connectivity index (χ1v) is 5.03. The van der Waals surface area contributed by atoms with Crippen LogP contribution in [-0.2, 0) is 0 Å². The molecule has 1 heterocycles. The Bertz CT molecular complexity index is 379. The number of hydrogen-bond donors (Lipinski definition) is 1. The normalized spacial score (nSPS) is 9.81. The molecule has 0 bridgehead atoms. The summed E-state index contributed by atoms with van der Waals surface area (Å²) in [4.78, 5) is 20.5. The van der Waals surface area contributed by atoms with Gasteiger partial charge in [0.25, 0.3) is 0 Å². The van der Waals surface area contributed by atoms with E-state index in [-0.39, 0.29) is 5.69 Å². The minimum absolute atomic E-state index is 0.0144. The second kappa shape index (κ2) is 5.85. The highest BCUT2D eigenvalue weighted by Gasteiger charge is 2.08. The monoisotopic (exact) mass is 221 g/mol. The van der Waals surface area contributed by atoms with Gasteiger partial charge in [0, 0.05) is 19.8 Å². The summed E-state index contributed by atoms with van der Waals surface area (Å²) < 4.78 is 0. The Morgan fingerprint density at radius 1 is 1.69 bits per heavy atom. The third kappa shape index (κ3) is 3.34. The van der Waals surface area contributed by atoms with Crippen LogP contribution in [0.15, 0.2) is 24.9 Å². The lowest BCUT2D eigenvalue weighted by Crippen LogP contribution is -2.21. The summed E-state index contributed by atoms with van der Waals surface area (Å²) in [6, 6.07) is 1.38. The van der Waals surface area contributed by atoms with Gasteiger partial charge in [-0.3, -0.25) is 0 Å². The van der Waals surface area contributed by atoms with E-state index >= 15 is 0 Å². The van der Waals surface area contributed by atoms with Crippen molar-refractivity contribution in [1.82, 2.24) is 9.97 Å². The van der Waals surface area contributed by atoms with Gasteiger partial charge in [-0.15, -0.1) is 6.58 Å². The Balaban J connectivity index is 2.67. The first kappa shape index (κ1) is 12.2. The van der Waals surface area contributed by atoms with Crippen LogP contribution in [0.2, 0.25) is 0 Å². The fraction of sp³-hybridized carbons (Fsp3) is 0.364. The zero-order valence-electron chi connectivity index (χ0n) is 9.26. The second-order valence-corrected chi connectivity index (χ2v) is 3.40. The highest BCUT2D eigenvalue weighted by atomic mass is 16.4. The molecule has 0 amide bonds. The Morgan fingerprint density at radius 2 is 2.44 bits per heavy atom. The lowest BCUT2D eigenvalue weighted by atomic mass is 10.3. The molecule has 16 heavy (non-hydrogen) atoms. The maximum Gasteiger partial charge on any atom is 0.354 e. The van der Waals surface area contributed by atoms with Gasteiger partial charge in [0.1, 0.15) is 0 Å². The van der Waals surface area contributed by atoms with Crippen molar-refractivity contribution in [2.75, 3.05) is 18.5 Å². The molecule has 86 valence electrons. The maximum atomic E-state index is 10.7. The molecule has 0 atom stereocenters. The predicted octanol–water partition coefficient (Wildman–Crippen LogP) is 1.58. The molecule has 0 saturated carbocycles. The van der Waals surface area contributed by atoms with Gasteiger partial charge < -0.3 is 10.0 Å². The van der Waals surface area contributed by atoms with Crippen LogP contribution >= 0.6 is 0 Å². The van der Waals surface area contributed by atoms with Gasteiger partial charge >= 0.3 is 5.97 Å². The number of carboxylic acid groups (broad SMARTS) is 1. The number of anilines is 1. The lowest BCUT2D eigenvalue weighted by Gasteiger charge is -2.16. The van der Waals surface area contributed by atoms with E-state index < -0.39 is 5.97 Å². The average Bonchev–Trinajstić information content (AvgIpc) is 2.29. The largest absolute Gasteiger partial charge is 0.477 e. The Labute approximate surface area is 94.5 Å². The number of aromatic carboxylic acids is 1. The Kier molecular flexibility index (Phi) is 4.44. The number of allylic oxidation sites excluding steroid dienone is 1. The molecule has 0 aliphatic heterocycles. The molecule has 1 aromatic rings. The fourth-order valence-electron chi connectivity index (χ4n) is 1.22. The zero-order chi connectivity index (χ0) is 12.0. The van der Waals surface area contributed by atoms with Crippen LogP contribution in [0.1, 0.15) is 23.3 Å². The topological polar surface area (TPSA) is 66.3 Å². The van der Waals surface area contributed by atoms with E-state index in [9.17, 15) is 4.79 Å². The summed E-state index contributed by atoms with van der Waals surface area (Å²) in [5.74, 6) is -0.605. The van der Waals surface area contributed by atoms with E-state index in [4.69, 9.17) is 5.11 Å². The second-order valence-electron chi connectivity index (χ2n) is 3.40. The molecule has 5 nitrogen and oxygen atoms in total. The van der Waals surface area contributed by atoms with Crippen molar-refractivity contribution in [3.8, 4) is 0 Å². The maximum absolute atomic E-state index is 10.7. The van der Waals surface area contributed by atoms with Crippen LogP contribution in [-0.4, -0.2) is 34.6 Å². The summed E-state index contributed by atoms with van der Waals surface area (Å²) in [7, 11) is 1.84. The number of nitrogens with zero attached hydrogens (tertiary/aromatic N) is 3. The quantitative estimate of drug-likeness (QED) is 0.583. The molecule has 0 spiro atoms. The van der Waals surface area contributed by atoms with Crippen LogP contribution in [0.25, 0.3) is 0 Å². The average molecular weight is 221 g/mol. The van der Waals surface area contributed by atoms with Gasteiger partial charge in [-0.1, -0.05) is 6.08 Å². The van der Waals surface area contributed by atoms with Crippen LogP contribution in [0, 0.1) is 0 Å². The van der Waals surface area contributed by atoms with Crippen molar-refractivity contribution < 1.29 is 9.90 Å². The fourth-order valence-corrected chi connectivity index (χ4v) is 1.22. The number of unbranched alkanes of at least 4 members (excludes halogenated alkanes) is 1. The van der Waals surface area contributed by atoms with E-state index in [1.807, 2.05) is 18.0 Å². The first-order chi connectivity index (χ1) is 7.65. The number of hydrogen-bond acceptors (Lipinski definition) is 4. The van der Waals surface area contributed by atoms with Crippen molar-refractivity contribution in [2.45, 2.75) is 12.8 Å². The van der Waals surface area contributed by atoms with Crippen molar-refractivity contribution >= 4 is 11.9 Å². The van der Waals surface area contributed by atoms with Crippen LogP contribution in [0.4, 0.5) is 5.95 Å². The third-order valence-electron chi connectivity index (χ3n) is 2.11. The van der Waals surface area contributed by atoms with E-state index in [0.717, 1.165) is 19.4 Å². The van der Waals surface area contributed by atoms with Gasteiger partial charge in [0.2, 0.25) is 5.95 Å². The number of rotatable bonds is 6. The van der Waals surface area contributed by atoms with E-state index in [1.54, 1.807) is 0 Å². The third-order valence-corrected chi connectivity index (χ3v) is 2.11. The molecule has 0 fully saturated rings. The SMILES string of the molecule is C=CCCCN(C)c1nccc(C(=O)O)n1. The molecule has 0 saturated heterocycles. The molecule has 1 aromatic heterocycles. The number of carboxylic acids is 1. The van der Waals surface area contributed by atoms with Gasteiger partial charge in [-0.2, -0.15) is 0 Å². The van der Waals surface area contributed by atoms with Crippen molar-refractivity contribution in [3.05, 3.63) is 30.6 Å². The molecule has 0 aliphatic rings. The van der Waals surface area contributed by atoms with Crippen molar-refractivity contribution in [1.29, 1.82) is 0 Å². The van der Waals surface area contributed by atoms with Crippen LogP contribution < -0.4 is 4.90 Å². The molecule has 0 aromatic carbocycles. The number of aromatic nitrogens is 2. The highest BCUT2D eigenvalue weighted by molar-refractivity contribution is 5.85. The molecular formula is C11H15N3O2. The first-order valence-electron chi connectivity index (χ1n) is 5.03. The van der Waals surface area contributed by atoms with Gasteiger partial charge in [0.05, 0.1) is 0 Å². The minimum Gasteiger partial charge on any atom is -0.477 e. The van der Waals surface area contributed by atoms with E-state index in [1.165, 1.54) is 12.3 Å². The van der Waals surface area contributed by atoms with E-state index in [0.29, 0.717) is 5.95 Å². The zero-order valence-corrected chi connectivity index (χ0v) is 9.26. The van der Waals surface area contributed by atoms with Gasteiger partial charge in [0.15, 0.2) is 5.69 Å². The minimum atomic E-state index is -1.04. The van der Waals surface area contributed by atoms with Crippen molar-refractivity contribution in [3.63, 3.8) is 0 Å². The lowest BCUT2D eigenvalue weighted by molar-refractivity contribution is 0.0690. The van der Waals surface area contributed by atoms with Gasteiger partial charge in [-0.25, -0.2) is 14.8 Å². The van der Waals surface area contributed by atoms with Crippen LogP contribution in [0.5, 0.6) is 0 Å². The summed E-state index contributed by atoms with van der Waals surface area (Å²) in [6.45, 7) is 4.41. The highest BCUT2D eigenvalue weighted by Crippen LogP contribution is 2.06. The molecule has 0 unspecified atom stereocenters. The van der Waals surface area contributed by atoms with E-state index in [2.05, 4.69) is 16.5 Å². The number of carbonyl (C=O) groups is 1. The molecule has 1 N–H and O–H groups in total. The van der Waals surface area contributed by atoms with Gasteiger partial charge in [-0.05, 0) is 18.9 Å². The van der Waals surface area contributed by atoms with Crippen LogP contribution in [0.3, 0.4) is 0 Å². The standard InChI is InChI=1S/C11H15N3O2/c1-3-4-5-8-14(2)11-12-7-6-9(13-11)10(15)16/h3,6-7H,1,4-5,8H2,2H3,(H,15,16). The molecule has 0 aliphatic carbocycles. The summed E-state index contributed by atoms with van der Waals surface area (Å²) in [6.07, 6.45) is 5.17. The Hall–Kier alpha value is -1.91. The molecule has 5 heteroatoms. The molecular weight excluding hydrogens is 206 g/mol. The predicted molar refractivity (Wildman–Crippen MR) is 61.7 cm³/mol. The smallest absolute Gasteiger partial charge is 0.354 e. The summed E-state index contributed by atoms with van der Waals surface area (Å²) >= 11 is 0. The van der Waals surface area contributed by atoms with Crippen molar-refractivity contribution in [2.24, 2.45) is 0 Å². The molecule has 0 radical (unpaired) electrons. The Morgan fingerprint density at radius 3 is 3.06 bits per heavy atom. The summed E-state index contributed by atoms with van der Waals surface area (Å²) in [5, 5.41) is 8.78. The summed E-state index contributed by atoms with van der Waals surface area (Å²) in [5.41, 5.74) is 0.0144.